The summed E-state index contributed by atoms with van der Waals surface area (Å²) >= 11 is 1.32. The number of nitrogens with zero attached hydrogens (tertiary/aromatic N) is 3. The van der Waals surface area contributed by atoms with Gasteiger partial charge in [0.05, 0.1) is 42.7 Å². The Kier molecular flexibility index (Phi) is 15.7. The number of amides is 2. The van der Waals surface area contributed by atoms with Crippen LogP contribution >= 0.6 is 11.3 Å². The number of hydrogen-bond acceptors (Lipinski definition) is 7. The Bertz CT molecular complexity index is 1290. The Morgan fingerprint density at radius 3 is 2.55 bits per heavy atom. The molecule has 2 atom stereocenters. The average molecular weight is 628 g/mol. The van der Waals surface area contributed by atoms with Gasteiger partial charge in [0.15, 0.2) is 5.13 Å². The molecule has 1 aliphatic heterocycles. The molecule has 2 amide bonds. The van der Waals surface area contributed by atoms with Crippen LogP contribution in [0, 0.1) is 5.92 Å². The van der Waals surface area contributed by atoms with Crippen LogP contribution in [0.15, 0.2) is 52.3 Å². The van der Waals surface area contributed by atoms with E-state index in [1.165, 1.54) is 29.8 Å². The van der Waals surface area contributed by atoms with E-state index in [1.807, 2.05) is 42.1 Å². The van der Waals surface area contributed by atoms with E-state index in [0.29, 0.717) is 29.6 Å². The van der Waals surface area contributed by atoms with Crippen molar-refractivity contribution in [1.82, 2.24) is 14.9 Å². The molecule has 44 heavy (non-hydrogen) atoms. The summed E-state index contributed by atoms with van der Waals surface area (Å²) in [4.78, 5) is 34.0. The van der Waals surface area contributed by atoms with Gasteiger partial charge in [0.2, 0.25) is 5.91 Å². The number of nitrogens with one attached hydrogen (secondary N) is 2. The molecular weight excluding hydrogens is 574 g/mol. The highest BCUT2D eigenvalue weighted by atomic mass is 32.1. The van der Waals surface area contributed by atoms with Crippen LogP contribution in [0.3, 0.4) is 0 Å². The predicted molar refractivity (Wildman–Crippen MR) is 182 cm³/mol. The lowest BCUT2D eigenvalue weighted by Crippen LogP contribution is -2.48. The number of aliphatic hydroxyl groups excluding tert-OH is 1. The molecule has 0 saturated carbocycles. The molecule has 2 aromatic rings. The quantitative estimate of drug-likeness (QED) is 0.182. The SMILES string of the molecule is C/C=C\C(=NC(C)=C(C)CC)c1csc(NC(=O)CNC(=O)c2ccn(C3(C)COC3)c2)n1.CCCC(O)CCC(C)CC. The number of anilines is 1. The molecule has 1 saturated heterocycles. The lowest BCUT2D eigenvalue weighted by Gasteiger charge is -2.39. The summed E-state index contributed by atoms with van der Waals surface area (Å²) in [5.41, 5.74) is 3.99. The van der Waals surface area contributed by atoms with Gasteiger partial charge in [0.1, 0.15) is 5.69 Å². The van der Waals surface area contributed by atoms with Gasteiger partial charge in [0.25, 0.3) is 5.91 Å². The fourth-order valence-corrected chi connectivity index (χ4v) is 5.04. The molecule has 0 aliphatic carbocycles. The zero-order valence-electron chi connectivity index (χ0n) is 27.9. The highest BCUT2D eigenvalue weighted by Crippen LogP contribution is 2.26. The lowest BCUT2D eigenvalue weighted by atomic mass is 9.99. The second kappa shape index (κ2) is 18.7. The zero-order chi connectivity index (χ0) is 32.7. The van der Waals surface area contributed by atoms with Crippen molar-refractivity contribution in [2.24, 2.45) is 10.9 Å². The minimum Gasteiger partial charge on any atom is -0.393 e. The van der Waals surface area contributed by atoms with Crippen molar-refractivity contribution in [3.05, 3.63) is 58.5 Å². The van der Waals surface area contributed by atoms with Crippen LogP contribution in [0.1, 0.15) is 110 Å². The monoisotopic (exact) mass is 627 g/mol. The Morgan fingerprint density at radius 1 is 1.23 bits per heavy atom. The van der Waals surface area contributed by atoms with Crippen LogP contribution in [0.2, 0.25) is 0 Å². The smallest absolute Gasteiger partial charge is 0.253 e. The number of aliphatic hydroxyl groups is 1. The van der Waals surface area contributed by atoms with E-state index in [0.717, 1.165) is 43.0 Å². The molecule has 10 heteroatoms. The van der Waals surface area contributed by atoms with E-state index < -0.39 is 0 Å². The number of carbonyl (C=O) groups excluding carboxylic acids is 2. The van der Waals surface area contributed by atoms with Gasteiger partial charge in [-0.3, -0.25) is 14.6 Å². The molecule has 1 fully saturated rings. The Labute approximate surface area is 267 Å². The number of ether oxygens (including phenoxy) is 1. The van der Waals surface area contributed by atoms with E-state index >= 15 is 0 Å². The highest BCUT2D eigenvalue weighted by molar-refractivity contribution is 7.14. The third-order valence-electron chi connectivity index (χ3n) is 7.90. The first-order valence-corrected chi connectivity index (χ1v) is 16.7. The van der Waals surface area contributed by atoms with Gasteiger partial charge in [-0.15, -0.1) is 11.3 Å². The minimum atomic E-state index is -0.342. The van der Waals surface area contributed by atoms with Crippen molar-refractivity contribution >= 4 is 34.0 Å². The number of hydrogen-bond donors (Lipinski definition) is 3. The number of rotatable bonds is 15. The van der Waals surface area contributed by atoms with Crippen molar-refractivity contribution in [3.63, 3.8) is 0 Å². The Hall–Kier alpha value is -3.08. The molecule has 3 N–H and O–H groups in total. The van der Waals surface area contributed by atoms with Crippen LogP contribution in [-0.4, -0.2) is 58.0 Å². The molecule has 2 unspecified atom stereocenters. The number of thiazole rings is 1. The largest absolute Gasteiger partial charge is 0.393 e. The molecule has 9 nitrogen and oxygen atoms in total. The summed E-state index contributed by atoms with van der Waals surface area (Å²) < 4.78 is 7.25. The predicted octanol–water partition coefficient (Wildman–Crippen LogP) is 7.10. The van der Waals surface area contributed by atoms with Crippen molar-refractivity contribution in [2.45, 2.75) is 106 Å². The van der Waals surface area contributed by atoms with Crippen LogP contribution in [-0.2, 0) is 15.1 Å². The molecule has 1 aliphatic rings. The molecule has 0 spiro atoms. The van der Waals surface area contributed by atoms with Gasteiger partial charge in [-0.2, -0.15) is 0 Å². The van der Waals surface area contributed by atoms with Crippen LogP contribution < -0.4 is 10.6 Å². The van der Waals surface area contributed by atoms with E-state index in [4.69, 9.17) is 9.73 Å². The van der Waals surface area contributed by atoms with E-state index in [-0.39, 0.29) is 30.0 Å². The fraction of sp³-hybridized carbons (Fsp3) is 0.588. The third-order valence-corrected chi connectivity index (χ3v) is 8.66. The van der Waals surface area contributed by atoms with Crippen LogP contribution in [0.4, 0.5) is 5.13 Å². The summed E-state index contributed by atoms with van der Waals surface area (Å²) in [6.07, 6.45) is 13.8. The lowest BCUT2D eigenvalue weighted by molar-refractivity contribution is -0.115. The third kappa shape index (κ3) is 11.8. The van der Waals surface area contributed by atoms with Gasteiger partial charge in [-0.1, -0.05) is 52.2 Å². The van der Waals surface area contributed by atoms with Crippen molar-refractivity contribution in [2.75, 3.05) is 25.1 Å². The molecule has 3 heterocycles. The molecule has 3 rings (SSSR count). The average Bonchev–Trinajstić information content (AvgIpc) is 3.68. The van der Waals surface area contributed by atoms with E-state index in [9.17, 15) is 14.7 Å². The molecule has 0 aromatic carbocycles. The first-order valence-electron chi connectivity index (χ1n) is 15.8. The number of carbonyl (C=O) groups is 2. The zero-order valence-corrected chi connectivity index (χ0v) is 28.7. The number of aromatic nitrogens is 2. The maximum Gasteiger partial charge on any atom is 0.253 e. The molecule has 0 radical (unpaired) electrons. The summed E-state index contributed by atoms with van der Waals surface area (Å²) in [5, 5.41) is 17.1. The van der Waals surface area contributed by atoms with Gasteiger partial charge in [0, 0.05) is 23.5 Å². The second-order valence-electron chi connectivity index (χ2n) is 11.8. The topological polar surface area (TPSA) is 118 Å². The van der Waals surface area contributed by atoms with Crippen LogP contribution in [0.25, 0.3) is 0 Å². The molecular formula is C34H53N5O4S. The summed E-state index contributed by atoms with van der Waals surface area (Å²) in [6.45, 7) is 17.8. The van der Waals surface area contributed by atoms with Gasteiger partial charge in [-0.25, -0.2) is 4.98 Å². The van der Waals surface area contributed by atoms with Crippen molar-refractivity contribution < 1.29 is 19.4 Å². The Balaban J connectivity index is 0.000000523. The Morgan fingerprint density at radius 2 is 1.95 bits per heavy atom. The normalized spacial score (nSPS) is 16.3. The fourth-order valence-electron chi connectivity index (χ4n) is 4.32. The van der Waals surface area contributed by atoms with Crippen molar-refractivity contribution in [1.29, 1.82) is 0 Å². The standard InChI is InChI=1S/C24H31N5O3S.C10H22O/c1-6-8-19(26-17(4)16(3)7-2)20-13-33-23(27-20)28-21(30)11-25-22(31)18-9-10-29(12-18)24(5)14-32-15-24;1-4-6-10(11)8-7-9(3)5-2/h6,8-10,12-13H,7,11,14-15H2,1-5H3,(H,25,31)(H,27,28,30);9-11H,4-8H2,1-3H3/b8-6-,17-16?,26-19?;. The molecule has 2 aromatic heterocycles. The first kappa shape index (κ1) is 37.1. The second-order valence-corrected chi connectivity index (χ2v) is 12.7. The van der Waals surface area contributed by atoms with E-state index in [1.54, 1.807) is 12.3 Å². The number of aliphatic imine (C=N–C) groups is 1. The molecule has 0 bridgehead atoms. The maximum absolute atomic E-state index is 12.4. The van der Waals surface area contributed by atoms with Gasteiger partial charge in [-0.05, 0) is 71.4 Å². The van der Waals surface area contributed by atoms with Gasteiger partial charge >= 0.3 is 0 Å². The number of allylic oxidation sites excluding steroid dienone is 4. The maximum atomic E-state index is 12.4. The summed E-state index contributed by atoms with van der Waals surface area (Å²) in [5.74, 6) is 0.135. The van der Waals surface area contributed by atoms with Crippen molar-refractivity contribution in [3.8, 4) is 0 Å². The molecule has 244 valence electrons. The first-order chi connectivity index (χ1) is 21.0. The summed E-state index contributed by atoms with van der Waals surface area (Å²) in [7, 11) is 0. The minimum absolute atomic E-state index is 0.0472. The summed E-state index contributed by atoms with van der Waals surface area (Å²) in [6, 6.07) is 1.74. The van der Waals surface area contributed by atoms with Crippen LogP contribution in [0.5, 0.6) is 0 Å². The van der Waals surface area contributed by atoms with E-state index in [2.05, 4.69) is 57.2 Å². The highest BCUT2D eigenvalue weighted by Gasteiger charge is 2.35. The van der Waals surface area contributed by atoms with Gasteiger partial charge < -0.3 is 25.0 Å².